The van der Waals surface area contributed by atoms with Gasteiger partial charge in [0.05, 0.1) is 12.1 Å². The van der Waals surface area contributed by atoms with Crippen LogP contribution in [-0.2, 0) is 4.79 Å². The number of hydrogen-bond acceptors (Lipinski definition) is 2. The van der Waals surface area contributed by atoms with Crippen LogP contribution in [0.4, 0.5) is 0 Å². The average molecular weight is 248 g/mol. The molecular weight excluding hydrogens is 224 g/mol. The third-order valence-corrected chi connectivity index (χ3v) is 3.14. The van der Waals surface area contributed by atoms with Gasteiger partial charge in [0.25, 0.3) is 0 Å². The Morgan fingerprint density at radius 2 is 1.89 bits per heavy atom. The van der Waals surface area contributed by atoms with Gasteiger partial charge in [-0.3, -0.25) is 4.79 Å². The molecule has 2 atom stereocenters. The molecule has 1 aromatic carbocycles. The summed E-state index contributed by atoms with van der Waals surface area (Å²) in [5.74, 6) is -0.0516. The van der Waals surface area contributed by atoms with Crippen molar-refractivity contribution >= 4 is 5.91 Å². The molecule has 0 spiro atoms. The van der Waals surface area contributed by atoms with Gasteiger partial charge in [0.15, 0.2) is 0 Å². The van der Waals surface area contributed by atoms with Crippen LogP contribution in [0.1, 0.15) is 50.3 Å². The lowest BCUT2D eigenvalue weighted by atomic mass is 10.0. The van der Waals surface area contributed by atoms with E-state index in [1.54, 1.807) is 0 Å². The smallest absolute Gasteiger partial charge is 0.237 e. The second-order valence-electron chi connectivity index (χ2n) is 4.78. The maximum Gasteiger partial charge on any atom is 0.237 e. The Morgan fingerprint density at radius 3 is 2.39 bits per heavy atom. The molecule has 0 aliphatic carbocycles. The molecule has 100 valence electrons. The van der Waals surface area contributed by atoms with Crippen LogP contribution in [0.2, 0.25) is 0 Å². The third-order valence-electron chi connectivity index (χ3n) is 3.14. The van der Waals surface area contributed by atoms with E-state index in [4.69, 9.17) is 5.73 Å². The fourth-order valence-electron chi connectivity index (χ4n) is 1.94. The number of benzene rings is 1. The predicted octanol–water partition coefficient (Wildman–Crippen LogP) is 2.69. The van der Waals surface area contributed by atoms with Crippen LogP contribution in [-0.4, -0.2) is 11.9 Å². The topological polar surface area (TPSA) is 55.1 Å². The molecule has 18 heavy (non-hydrogen) atoms. The molecule has 0 bridgehead atoms. The van der Waals surface area contributed by atoms with Gasteiger partial charge < -0.3 is 11.1 Å². The van der Waals surface area contributed by atoms with Gasteiger partial charge in [-0.1, -0.05) is 50.1 Å². The molecule has 2 unspecified atom stereocenters. The van der Waals surface area contributed by atoms with Gasteiger partial charge in [-0.25, -0.2) is 0 Å². The lowest BCUT2D eigenvalue weighted by molar-refractivity contribution is -0.123. The summed E-state index contributed by atoms with van der Waals surface area (Å²) in [6.07, 6.45) is 2.53. The van der Waals surface area contributed by atoms with Crippen LogP contribution < -0.4 is 11.1 Å². The maximum absolute atomic E-state index is 11.9. The van der Waals surface area contributed by atoms with Gasteiger partial charge in [-0.15, -0.1) is 0 Å². The minimum absolute atomic E-state index is 0.0516. The molecule has 0 aliphatic heterocycles. The normalized spacial score (nSPS) is 14.0. The van der Waals surface area contributed by atoms with Crippen LogP contribution in [0.3, 0.4) is 0 Å². The van der Waals surface area contributed by atoms with Crippen LogP contribution in [0.25, 0.3) is 0 Å². The van der Waals surface area contributed by atoms with Crippen molar-refractivity contribution in [3.63, 3.8) is 0 Å². The molecular formula is C15H24N2O. The van der Waals surface area contributed by atoms with E-state index in [1.807, 2.05) is 6.92 Å². The van der Waals surface area contributed by atoms with Gasteiger partial charge in [-0.05, 0) is 25.3 Å². The predicted molar refractivity (Wildman–Crippen MR) is 75.2 cm³/mol. The summed E-state index contributed by atoms with van der Waals surface area (Å²) in [5.41, 5.74) is 8.18. The monoisotopic (exact) mass is 248 g/mol. The minimum Gasteiger partial charge on any atom is -0.348 e. The van der Waals surface area contributed by atoms with Crippen molar-refractivity contribution in [2.75, 3.05) is 0 Å². The number of nitrogens with one attached hydrogen (secondary N) is 1. The zero-order valence-corrected chi connectivity index (χ0v) is 11.6. The Labute approximate surface area is 110 Å². The number of carbonyl (C=O) groups excluding carboxylic acids is 1. The van der Waals surface area contributed by atoms with E-state index >= 15 is 0 Å². The molecule has 1 aromatic rings. The van der Waals surface area contributed by atoms with Crippen molar-refractivity contribution in [3.05, 3.63) is 35.4 Å². The molecule has 0 saturated carbocycles. The summed E-state index contributed by atoms with van der Waals surface area (Å²) in [6.45, 7) is 6.15. The molecule has 0 aliphatic rings. The lowest BCUT2D eigenvalue weighted by Gasteiger charge is -2.20. The largest absolute Gasteiger partial charge is 0.348 e. The van der Waals surface area contributed by atoms with E-state index in [-0.39, 0.29) is 11.9 Å². The second-order valence-corrected chi connectivity index (χ2v) is 4.78. The third kappa shape index (κ3) is 4.15. The highest BCUT2D eigenvalue weighted by Gasteiger charge is 2.17. The van der Waals surface area contributed by atoms with E-state index in [1.165, 1.54) is 5.56 Å². The summed E-state index contributed by atoms with van der Waals surface area (Å²) in [6, 6.07) is 7.92. The van der Waals surface area contributed by atoms with Crippen molar-refractivity contribution in [2.45, 2.75) is 52.1 Å². The first-order valence-corrected chi connectivity index (χ1v) is 6.71. The summed E-state index contributed by atoms with van der Waals surface area (Å²) < 4.78 is 0. The second kappa shape index (κ2) is 7.17. The van der Waals surface area contributed by atoms with Crippen LogP contribution >= 0.6 is 0 Å². The van der Waals surface area contributed by atoms with Gasteiger partial charge in [-0.2, -0.15) is 0 Å². The number of amides is 1. The van der Waals surface area contributed by atoms with E-state index in [0.29, 0.717) is 0 Å². The van der Waals surface area contributed by atoms with Crippen molar-refractivity contribution in [2.24, 2.45) is 5.73 Å². The van der Waals surface area contributed by atoms with Crippen molar-refractivity contribution < 1.29 is 4.79 Å². The van der Waals surface area contributed by atoms with E-state index < -0.39 is 6.04 Å². The number of carbonyl (C=O) groups is 1. The Bertz CT molecular complexity index is 373. The quantitative estimate of drug-likeness (QED) is 0.813. The Balaban J connectivity index is 2.67. The van der Waals surface area contributed by atoms with Crippen LogP contribution in [0.5, 0.6) is 0 Å². The summed E-state index contributed by atoms with van der Waals surface area (Å²) >= 11 is 0. The van der Waals surface area contributed by atoms with Crippen LogP contribution in [0.15, 0.2) is 24.3 Å². The standard InChI is InChI=1S/C15H24N2O/c1-4-6-13(16)15(18)17-14(5-2)12-9-7-11(3)8-10-12/h7-10,13-14H,4-6,16H2,1-3H3,(H,17,18). The molecule has 3 nitrogen and oxygen atoms in total. The summed E-state index contributed by atoms with van der Waals surface area (Å²) in [5, 5.41) is 3.02. The zero-order valence-electron chi connectivity index (χ0n) is 11.6. The highest BCUT2D eigenvalue weighted by molar-refractivity contribution is 5.81. The molecule has 1 amide bonds. The maximum atomic E-state index is 11.9. The van der Waals surface area contributed by atoms with Crippen molar-refractivity contribution in [3.8, 4) is 0 Å². The molecule has 0 saturated heterocycles. The fourth-order valence-corrected chi connectivity index (χ4v) is 1.94. The summed E-state index contributed by atoms with van der Waals surface area (Å²) in [7, 11) is 0. The number of rotatable bonds is 6. The lowest BCUT2D eigenvalue weighted by Crippen LogP contribution is -2.42. The van der Waals surface area contributed by atoms with Crippen molar-refractivity contribution in [1.82, 2.24) is 5.32 Å². The number of hydrogen-bond donors (Lipinski definition) is 2. The highest BCUT2D eigenvalue weighted by atomic mass is 16.2. The van der Waals surface area contributed by atoms with Gasteiger partial charge in [0.2, 0.25) is 5.91 Å². The Morgan fingerprint density at radius 1 is 1.28 bits per heavy atom. The molecule has 1 rings (SSSR count). The zero-order chi connectivity index (χ0) is 13.5. The molecule has 0 fully saturated rings. The first-order valence-electron chi connectivity index (χ1n) is 6.71. The Hall–Kier alpha value is -1.35. The first-order chi connectivity index (χ1) is 8.58. The van der Waals surface area contributed by atoms with Crippen LogP contribution in [0, 0.1) is 6.92 Å². The number of aryl methyl sites for hydroxylation is 1. The highest BCUT2D eigenvalue weighted by Crippen LogP contribution is 2.17. The van der Waals surface area contributed by atoms with E-state index in [9.17, 15) is 4.79 Å². The van der Waals surface area contributed by atoms with Crippen molar-refractivity contribution in [1.29, 1.82) is 0 Å². The first kappa shape index (κ1) is 14.7. The molecule has 3 N–H and O–H groups in total. The minimum atomic E-state index is -0.394. The fraction of sp³-hybridized carbons (Fsp3) is 0.533. The van der Waals surface area contributed by atoms with Gasteiger partial charge in [0.1, 0.15) is 0 Å². The average Bonchev–Trinajstić information content (AvgIpc) is 2.37. The van der Waals surface area contributed by atoms with Gasteiger partial charge in [0, 0.05) is 0 Å². The SMILES string of the molecule is CCCC(N)C(=O)NC(CC)c1ccc(C)cc1. The molecule has 0 aromatic heterocycles. The van der Waals surface area contributed by atoms with Gasteiger partial charge >= 0.3 is 0 Å². The molecule has 0 radical (unpaired) electrons. The van der Waals surface area contributed by atoms with E-state index in [2.05, 4.69) is 43.4 Å². The summed E-state index contributed by atoms with van der Waals surface area (Å²) in [4.78, 5) is 11.9. The molecule has 0 heterocycles. The van der Waals surface area contributed by atoms with E-state index in [0.717, 1.165) is 24.8 Å². The number of nitrogens with two attached hydrogens (primary N) is 1. The molecule has 3 heteroatoms. The Kier molecular flexibility index (Phi) is 5.86.